The topological polar surface area (TPSA) is 17.0 Å². The predicted molar refractivity (Wildman–Crippen MR) is 104 cm³/mol. The van der Waals surface area contributed by atoms with E-state index in [0.717, 1.165) is 27.5 Å². The molecule has 0 saturated heterocycles. The van der Waals surface area contributed by atoms with Crippen molar-refractivity contribution in [1.82, 2.24) is 0 Å². The molecule has 126 valence electrons. The minimum Gasteiger partial charge on any atom is -0.455 e. The number of rotatable bonds is 2. The number of pyridine rings is 1. The fourth-order valence-corrected chi connectivity index (χ4v) is 3.41. The van der Waals surface area contributed by atoms with Gasteiger partial charge < -0.3 is 4.42 Å². The highest BCUT2D eigenvalue weighted by Gasteiger charge is 2.22. The van der Waals surface area contributed by atoms with Crippen LogP contribution >= 0.6 is 0 Å². The number of nitrogens with zero attached hydrogens (tertiary/aromatic N) is 1. The summed E-state index contributed by atoms with van der Waals surface area (Å²) in [6, 6.07) is 13.1. The second-order valence-electron chi connectivity index (χ2n) is 6.45. The first-order valence-electron chi connectivity index (χ1n) is 11.7. The number of fused-ring (bicyclic) bond motifs is 3. The third-order valence-corrected chi connectivity index (χ3v) is 4.69. The van der Waals surface area contributed by atoms with Gasteiger partial charge in [-0.2, -0.15) is 0 Å². The summed E-state index contributed by atoms with van der Waals surface area (Å²) in [5.41, 5.74) is 3.38. The minimum absolute atomic E-state index is 0.0434. The maximum atomic E-state index is 8.63. The van der Waals surface area contributed by atoms with Gasteiger partial charge in [0.05, 0.1) is 5.56 Å². The molecule has 0 aliphatic carbocycles. The van der Waals surface area contributed by atoms with Crippen LogP contribution in [0.2, 0.25) is 0 Å². The zero-order valence-electron chi connectivity index (χ0n) is 21.5. The Morgan fingerprint density at radius 1 is 1.12 bits per heavy atom. The van der Waals surface area contributed by atoms with Crippen LogP contribution in [0.1, 0.15) is 46.0 Å². The Hall–Kier alpha value is -2.61. The van der Waals surface area contributed by atoms with Gasteiger partial charge in [0, 0.05) is 32.0 Å². The summed E-state index contributed by atoms with van der Waals surface area (Å²) >= 11 is 0. The van der Waals surface area contributed by atoms with Gasteiger partial charge in [0.1, 0.15) is 18.2 Å². The highest BCUT2D eigenvalue weighted by Crippen LogP contribution is 2.37. The molecule has 0 spiro atoms. The lowest BCUT2D eigenvalue weighted by Crippen LogP contribution is -2.32. The predicted octanol–water partition coefficient (Wildman–Crippen LogP) is 5.82. The Balaban J connectivity index is 2.11. The molecule has 2 aromatic heterocycles. The van der Waals surface area contributed by atoms with E-state index in [-0.39, 0.29) is 11.1 Å². The molecule has 2 heteroatoms. The van der Waals surface area contributed by atoms with Crippen molar-refractivity contribution in [1.29, 1.82) is 0 Å². The van der Waals surface area contributed by atoms with E-state index >= 15 is 0 Å². The summed E-state index contributed by atoms with van der Waals surface area (Å²) in [6.45, 7) is -2.13. The zero-order chi connectivity index (χ0) is 23.6. The van der Waals surface area contributed by atoms with Crippen LogP contribution in [0.5, 0.6) is 0 Å². The lowest BCUT2D eigenvalue weighted by atomic mass is 9.94. The molecule has 0 amide bonds. The van der Waals surface area contributed by atoms with Crippen LogP contribution in [0.25, 0.3) is 33.2 Å². The van der Waals surface area contributed by atoms with E-state index in [1.165, 1.54) is 19.2 Å². The molecule has 1 unspecified atom stereocenters. The average Bonchev–Trinajstić information content (AvgIpc) is 3.05. The Morgan fingerprint density at radius 2 is 1.96 bits per heavy atom. The van der Waals surface area contributed by atoms with Gasteiger partial charge in [-0.1, -0.05) is 44.1 Å². The first kappa shape index (κ1) is 9.76. The lowest BCUT2D eigenvalue weighted by Gasteiger charge is -2.12. The Bertz CT molecular complexity index is 1350. The molecule has 25 heavy (non-hydrogen) atoms. The summed E-state index contributed by atoms with van der Waals surface area (Å²) in [4.78, 5) is 0. The molecule has 4 rings (SSSR count). The van der Waals surface area contributed by atoms with Crippen molar-refractivity contribution in [3.05, 3.63) is 65.4 Å². The fourth-order valence-electron chi connectivity index (χ4n) is 3.41. The second-order valence-corrected chi connectivity index (χ2v) is 6.45. The first-order valence-corrected chi connectivity index (χ1v) is 8.19. The van der Waals surface area contributed by atoms with Crippen molar-refractivity contribution in [3.8, 4) is 11.3 Å². The van der Waals surface area contributed by atoms with Gasteiger partial charge in [-0.25, -0.2) is 4.57 Å². The average molecular weight is 337 g/mol. The van der Waals surface area contributed by atoms with E-state index in [9.17, 15) is 0 Å². The van der Waals surface area contributed by atoms with Crippen LogP contribution in [0, 0.1) is 13.8 Å². The van der Waals surface area contributed by atoms with E-state index in [0.29, 0.717) is 11.3 Å². The Labute approximate surface area is 158 Å². The molecule has 1 atom stereocenters. The number of aromatic nitrogens is 1. The molecule has 0 aliphatic rings. The number of benzene rings is 2. The zero-order valence-corrected chi connectivity index (χ0v) is 14.5. The van der Waals surface area contributed by atoms with Gasteiger partial charge in [-0.15, -0.1) is 0 Å². The molecule has 2 nitrogen and oxygen atoms in total. The lowest BCUT2D eigenvalue weighted by molar-refractivity contribution is -0.660. The summed E-state index contributed by atoms with van der Waals surface area (Å²) in [5, 5.41) is 1.87. The third kappa shape index (κ3) is 2.44. The van der Waals surface area contributed by atoms with E-state index in [2.05, 4.69) is 0 Å². The van der Waals surface area contributed by atoms with Gasteiger partial charge >= 0.3 is 0 Å². The van der Waals surface area contributed by atoms with Crippen LogP contribution in [-0.2, 0) is 7.05 Å². The normalized spacial score (nSPS) is 19.2. The molecular weight excluding hydrogens is 306 g/mol. The van der Waals surface area contributed by atoms with Crippen molar-refractivity contribution in [2.45, 2.75) is 33.4 Å². The van der Waals surface area contributed by atoms with Crippen molar-refractivity contribution < 1.29 is 18.6 Å². The smallest absolute Gasteiger partial charge is 0.216 e. The van der Waals surface area contributed by atoms with E-state index < -0.39 is 19.6 Å². The molecule has 0 aliphatic heterocycles. The molecule has 0 fully saturated rings. The SMILES string of the molecule is [2H]C([2H])([2H])c1c[n+](C)c(-c2c(C)ccc3c2oc2ccccc23)cc1C([2H])(C)C([2H])([2H])[2H]. The first-order chi connectivity index (χ1) is 14.7. The molecule has 2 heterocycles. The van der Waals surface area contributed by atoms with Crippen LogP contribution in [-0.4, -0.2) is 0 Å². The second kappa shape index (κ2) is 5.73. The summed E-state index contributed by atoms with van der Waals surface area (Å²) in [7, 11) is 1.71. The molecule has 0 radical (unpaired) electrons. The number of hydrogen-bond donors (Lipinski definition) is 0. The largest absolute Gasteiger partial charge is 0.455 e. The molecule has 4 aromatic rings. The van der Waals surface area contributed by atoms with Gasteiger partial charge in [-0.3, -0.25) is 0 Å². The number of hydrogen-bond acceptors (Lipinski definition) is 1. The molecule has 2 aromatic carbocycles. The summed E-state index contributed by atoms with van der Waals surface area (Å²) in [6.07, 6.45) is 1.41. The molecule has 0 bridgehead atoms. The quantitative estimate of drug-likeness (QED) is 0.421. The van der Waals surface area contributed by atoms with Crippen molar-refractivity contribution in [2.24, 2.45) is 7.05 Å². The molecule has 0 saturated carbocycles. The number of aryl methyl sites for hydroxylation is 3. The van der Waals surface area contributed by atoms with Gasteiger partial charge in [-0.05, 0) is 36.9 Å². The van der Waals surface area contributed by atoms with Crippen LogP contribution in [0.3, 0.4) is 0 Å². The van der Waals surface area contributed by atoms with E-state index in [1.54, 1.807) is 11.6 Å². The maximum absolute atomic E-state index is 8.63. The highest BCUT2D eigenvalue weighted by molar-refractivity contribution is 6.09. The fraction of sp³-hybridized carbons (Fsp3) is 0.261. The minimum atomic E-state index is -2.72. The maximum Gasteiger partial charge on any atom is 0.216 e. The summed E-state index contributed by atoms with van der Waals surface area (Å²) in [5.74, 6) is -2.12. The standard InChI is InChI=1S/C23H24NO/c1-14(2)19-12-20(24(5)13-16(19)4)22-15(3)10-11-18-17-8-6-7-9-21(17)25-23(18)22/h6-14H,1-5H3/q+1/i1D3,4D3,14D. The van der Waals surface area contributed by atoms with Crippen LogP contribution < -0.4 is 4.57 Å². The number of furan rings is 1. The molecular formula is C23H24NO+. The van der Waals surface area contributed by atoms with Gasteiger partial charge in [0.15, 0.2) is 6.20 Å². The van der Waals surface area contributed by atoms with Gasteiger partial charge in [0.2, 0.25) is 5.69 Å². The van der Waals surface area contributed by atoms with Gasteiger partial charge in [0.25, 0.3) is 0 Å². The van der Waals surface area contributed by atoms with E-state index in [1.807, 2.05) is 43.3 Å². The van der Waals surface area contributed by atoms with Crippen molar-refractivity contribution in [2.75, 3.05) is 0 Å². The highest BCUT2D eigenvalue weighted by atomic mass is 16.3. The Kier molecular flexibility index (Phi) is 2.24. The van der Waals surface area contributed by atoms with Crippen molar-refractivity contribution in [3.63, 3.8) is 0 Å². The van der Waals surface area contributed by atoms with E-state index in [4.69, 9.17) is 14.0 Å². The molecule has 0 N–H and O–H groups in total. The Morgan fingerprint density at radius 3 is 2.76 bits per heavy atom. The number of para-hydroxylation sites is 1. The van der Waals surface area contributed by atoms with Crippen LogP contribution in [0.4, 0.5) is 0 Å². The van der Waals surface area contributed by atoms with Crippen LogP contribution in [0.15, 0.2) is 53.1 Å². The third-order valence-electron chi connectivity index (χ3n) is 4.69. The van der Waals surface area contributed by atoms with Crippen molar-refractivity contribution >= 4 is 21.9 Å². The summed E-state index contributed by atoms with van der Waals surface area (Å²) < 4.78 is 64.0. The monoisotopic (exact) mass is 337 g/mol.